The van der Waals surface area contributed by atoms with E-state index in [0.29, 0.717) is 22.7 Å². The molecule has 0 fully saturated rings. The number of hydrogen-bond acceptors (Lipinski definition) is 5. The molecule has 0 aliphatic carbocycles. The Hall–Kier alpha value is -3.13. The van der Waals surface area contributed by atoms with Gasteiger partial charge in [0.1, 0.15) is 16.6 Å². The zero-order valence-electron chi connectivity index (χ0n) is 15.6. The Balaban J connectivity index is 1.58. The maximum absolute atomic E-state index is 13.3. The molecule has 1 heterocycles. The molecule has 0 saturated heterocycles. The summed E-state index contributed by atoms with van der Waals surface area (Å²) in [5.41, 5.74) is 1.41. The average Bonchev–Trinajstić information content (AvgIpc) is 3.21. The molecule has 0 atom stereocenters. The number of ether oxygens (including phenoxy) is 1. The number of thiazole rings is 1. The number of nitrogens with zero attached hydrogens (tertiary/aromatic N) is 2. The van der Waals surface area contributed by atoms with Crippen molar-refractivity contribution in [1.29, 1.82) is 0 Å². The lowest BCUT2D eigenvalue weighted by atomic mass is 10.2. The van der Waals surface area contributed by atoms with Gasteiger partial charge in [0.15, 0.2) is 12.3 Å². The van der Waals surface area contributed by atoms with Crippen LogP contribution >= 0.6 is 11.3 Å². The Labute approximate surface area is 170 Å². The van der Waals surface area contributed by atoms with Gasteiger partial charge in [0.25, 0.3) is 5.91 Å². The van der Waals surface area contributed by atoms with Gasteiger partial charge in [-0.05, 0) is 48.9 Å². The molecular weight excluding hydrogens is 398 g/mol. The van der Waals surface area contributed by atoms with Crippen LogP contribution in [0.25, 0.3) is 10.6 Å². The lowest BCUT2D eigenvalue weighted by Crippen LogP contribution is -2.34. The molecule has 1 amide bonds. The second-order valence-electron chi connectivity index (χ2n) is 6.16. The molecule has 0 saturated carbocycles. The molecule has 29 heavy (non-hydrogen) atoms. The summed E-state index contributed by atoms with van der Waals surface area (Å²) in [5.74, 6) is -1.84. The summed E-state index contributed by atoms with van der Waals surface area (Å²) < 4.78 is 31.4. The van der Waals surface area contributed by atoms with Gasteiger partial charge < -0.3 is 9.64 Å². The molecule has 5 nitrogen and oxygen atoms in total. The standard InChI is InChI=1S/C21H18F2N2O3S/c1-2-25(11-14-4-3-5-17(23)10-14)19(26)12-28-21(27)18-13-29-20(24-18)15-6-8-16(22)9-7-15/h3-10,13H,2,11-12H2,1H3. The van der Waals surface area contributed by atoms with Crippen molar-refractivity contribution in [1.82, 2.24) is 9.88 Å². The number of halogens is 2. The van der Waals surface area contributed by atoms with E-state index in [1.54, 1.807) is 31.2 Å². The van der Waals surface area contributed by atoms with Crippen LogP contribution in [0, 0.1) is 11.6 Å². The molecule has 0 aliphatic heterocycles. The molecule has 0 N–H and O–H groups in total. The quantitative estimate of drug-likeness (QED) is 0.539. The molecule has 150 valence electrons. The van der Waals surface area contributed by atoms with Crippen molar-refractivity contribution in [3.05, 3.63) is 76.8 Å². The SMILES string of the molecule is CCN(Cc1cccc(F)c1)C(=O)COC(=O)c1csc(-c2ccc(F)cc2)n1. The van der Waals surface area contributed by atoms with Crippen molar-refractivity contribution in [2.45, 2.75) is 13.5 Å². The van der Waals surface area contributed by atoms with Gasteiger partial charge in [-0.3, -0.25) is 4.79 Å². The molecular formula is C21H18F2N2O3S. The van der Waals surface area contributed by atoms with Crippen molar-refractivity contribution in [2.75, 3.05) is 13.2 Å². The fourth-order valence-corrected chi connectivity index (χ4v) is 3.41. The first-order valence-corrected chi connectivity index (χ1v) is 9.75. The van der Waals surface area contributed by atoms with Crippen LogP contribution in [0.4, 0.5) is 8.78 Å². The van der Waals surface area contributed by atoms with Crippen LogP contribution in [0.15, 0.2) is 53.9 Å². The first kappa shape index (κ1) is 20.6. The first-order chi connectivity index (χ1) is 14.0. The Morgan fingerprint density at radius 1 is 1.10 bits per heavy atom. The summed E-state index contributed by atoms with van der Waals surface area (Å²) in [6.07, 6.45) is 0. The van der Waals surface area contributed by atoms with Crippen molar-refractivity contribution in [3.8, 4) is 10.6 Å². The number of rotatable bonds is 7. The van der Waals surface area contributed by atoms with Gasteiger partial charge in [-0.2, -0.15) is 0 Å². The van der Waals surface area contributed by atoms with Crippen LogP contribution in [0.2, 0.25) is 0 Å². The minimum Gasteiger partial charge on any atom is -0.451 e. The van der Waals surface area contributed by atoms with Crippen molar-refractivity contribution >= 4 is 23.2 Å². The highest BCUT2D eigenvalue weighted by molar-refractivity contribution is 7.13. The minimum atomic E-state index is -0.718. The highest BCUT2D eigenvalue weighted by atomic mass is 32.1. The van der Waals surface area contributed by atoms with E-state index in [0.717, 1.165) is 0 Å². The van der Waals surface area contributed by atoms with Crippen molar-refractivity contribution in [3.63, 3.8) is 0 Å². The van der Waals surface area contributed by atoms with Crippen LogP contribution < -0.4 is 0 Å². The number of carbonyl (C=O) groups excluding carboxylic acids is 2. The van der Waals surface area contributed by atoms with E-state index in [4.69, 9.17) is 4.74 Å². The van der Waals surface area contributed by atoms with E-state index >= 15 is 0 Å². The number of amides is 1. The largest absolute Gasteiger partial charge is 0.451 e. The third-order valence-electron chi connectivity index (χ3n) is 4.13. The average molecular weight is 416 g/mol. The highest BCUT2D eigenvalue weighted by Crippen LogP contribution is 2.24. The number of carbonyl (C=O) groups is 2. The van der Waals surface area contributed by atoms with Crippen LogP contribution in [0.3, 0.4) is 0 Å². The van der Waals surface area contributed by atoms with Gasteiger partial charge in [0, 0.05) is 24.0 Å². The lowest BCUT2D eigenvalue weighted by Gasteiger charge is -2.20. The van der Waals surface area contributed by atoms with Gasteiger partial charge in [-0.25, -0.2) is 18.6 Å². The third kappa shape index (κ3) is 5.45. The summed E-state index contributed by atoms with van der Waals surface area (Å²) in [6, 6.07) is 11.7. The van der Waals surface area contributed by atoms with Gasteiger partial charge in [-0.1, -0.05) is 12.1 Å². The summed E-state index contributed by atoms with van der Waals surface area (Å²) in [4.78, 5) is 30.2. The summed E-state index contributed by atoms with van der Waals surface area (Å²) in [5, 5.41) is 2.07. The highest BCUT2D eigenvalue weighted by Gasteiger charge is 2.18. The number of esters is 1. The molecule has 1 aromatic heterocycles. The number of likely N-dealkylation sites (N-methyl/N-ethyl adjacent to an activating group) is 1. The third-order valence-corrected chi connectivity index (χ3v) is 5.02. The van der Waals surface area contributed by atoms with Crippen molar-refractivity contribution < 1.29 is 23.1 Å². The van der Waals surface area contributed by atoms with E-state index in [2.05, 4.69) is 4.98 Å². The van der Waals surface area contributed by atoms with Crippen molar-refractivity contribution in [2.24, 2.45) is 0 Å². The van der Waals surface area contributed by atoms with Gasteiger partial charge in [0.2, 0.25) is 0 Å². The number of aromatic nitrogens is 1. The van der Waals surface area contributed by atoms with Gasteiger partial charge in [-0.15, -0.1) is 11.3 Å². The fraction of sp³-hybridized carbons (Fsp3) is 0.190. The Morgan fingerprint density at radius 2 is 1.86 bits per heavy atom. The fourth-order valence-electron chi connectivity index (χ4n) is 2.62. The van der Waals surface area contributed by atoms with Crippen LogP contribution in [0.5, 0.6) is 0 Å². The minimum absolute atomic E-state index is 0.0790. The maximum atomic E-state index is 13.3. The Morgan fingerprint density at radius 3 is 2.55 bits per heavy atom. The second-order valence-corrected chi connectivity index (χ2v) is 7.02. The summed E-state index contributed by atoms with van der Waals surface area (Å²) in [6.45, 7) is 1.95. The molecule has 3 rings (SSSR count). The molecule has 2 aromatic carbocycles. The first-order valence-electron chi connectivity index (χ1n) is 8.87. The van der Waals surface area contributed by atoms with E-state index < -0.39 is 12.6 Å². The van der Waals surface area contributed by atoms with Crippen LogP contribution in [-0.2, 0) is 16.1 Å². The maximum Gasteiger partial charge on any atom is 0.358 e. The number of hydrogen-bond donors (Lipinski definition) is 0. The van der Waals surface area contributed by atoms with E-state index in [-0.39, 0.29) is 29.8 Å². The lowest BCUT2D eigenvalue weighted by molar-refractivity contribution is -0.135. The Bertz CT molecular complexity index is 1010. The molecule has 0 unspecified atom stereocenters. The summed E-state index contributed by atoms with van der Waals surface area (Å²) in [7, 11) is 0. The number of benzene rings is 2. The van der Waals surface area contributed by atoms with Crippen LogP contribution in [0.1, 0.15) is 23.0 Å². The van der Waals surface area contributed by atoms with E-state index in [9.17, 15) is 18.4 Å². The van der Waals surface area contributed by atoms with Crippen LogP contribution in [-0.4, -0.2) is 34.9 Å². The second kappa shape index (κ2) is 9.38. The molecule has 0 bridgehead atoms. The van der Waals surface area contributed by atoms with E-state index in [1.165, 1.54) is 45.9 Å². The zero-order valence-corrected chi connectivity index (χ0v) is 16.4. The van der Waals surface area contributed by atoms with Gasteiger partial charge in [0.05, 0.1) is 0 Å². The van der Waals surface area contributed by atoms with Gasteiger partial charge >= 0.3 is 5.97 Å². The normalized spacial score (nSPS) is 10.6. The predicted octanol–water partition coefficient (Wildman–Crippen LogP) is 4.29. The molecule has 3 aromatic rings. The molecule has 0 spiro atoms. The molecule has 0 radical (unpaired) electrons. The molecule has 0 aliphatic rings. The predicted molar refractivity (Wildman–Crippen MR) is 105 cm³/mol. The Kier molecular flexibility index (Phi) is 6.66. The topological polar surface area (TPSA) is 59.5 Å². The smallest absolute Gasteiger partial charge is 0.358 e. The summed E-state index contributed by atoms with van der Waals surface area (Å²) >= 11 is 1.22. The van der Waals surface area contributed by atoms with E-state index in [1.807, 2.05) is 0 Å². The molecule has 8 heteroatoms. The monoisotopic (exact) mass is 416 g/mol. The zero-order chi connectivity index (χ0) is 20.8.